The maximum absolute atomic E-state index is 12.8. The smallest absolute Gasteiger partial charge is 0.259 e. The quantitative estimate of drug-likeness (QED) is 0.652. The third-order valence-corrected chi connectivity index (χ3v) is 5.53. The molecule has 2 aromatic heterocycles. The highest BCUT2D eigenvalue weighted by atomic mass is 16.5. The van der Waals surface area contributed by atoms with Gasteiger partial charge < -0.3 is 10.1 Å². The van der Waals surface area contributed by atoms with Crippen LogP contribution in [0.5, 0.6) is 0 Å². The van der Waals surface area contributed by atoms with Crippen molar-refractivity contribution in [3.05, 3.63) is 78.2 Å². The lowest BCUT2D eigenvalue weighted by molar-refractivity contribution is -0.126. The number of pyridine rings is 1. The van der Waals surface area contributed by atoms with Gasteiger partial charge in [-0.25, -0.2) is 4.68 Å². The Morgan fingerprint density at radius 3 is 2.63 bits per heavy atom. The van der Waals surface area contributed by atoms with Crippen LogP contribution in [0.4, 0.5) is 5.82 Å². The van der Waals surface area contributed by atoms with E-state index in [4.69, 9.17) is 4.74 Å². The molecule has 3 aromatic rings. The summed E-state index contributed by atoms with van der Waals surface area (Å²) in [5.41, 5.74) is 2.06. The number of methoxy groups -OCH3 is 1. The van der Waals surface area contributed by atoms with Crippen LogP contribution in [-0.2, 0) is 16.1 Å². The molecule has 0 unspecified atom stereocenters. The highest BCUT2D eigenvalue weighted by Gasteiger charge is 2.25. The number of amides is 1. The van der Waals surface area contributed by atoms with Gasteiger partial charge in [0.05, 0.1) is 12.2 Å². The van der Waals surface area contributed by atoms with Crippen molar-refractivity contribution < 1.29 is 9.53 Å². The van der Waals surface area contributed by atoms with E-state index in [1.54, 1.807) is 19.5 Å². The van der Waals surface area contributed by atoms with Gasteiger partial charge in [0.1, 0.15) is 5.82 Å². The number of carbonyl (C=O) groups excluding carboxylic acids is 1. The van der Waals surface area contributed by atoms with Crippen molar-refractivity contribution in [2.24, 2.45) is 0 Å². The minimum Gasteiger partial charge on any atom is -0.367 e. The molecule has 1 aromatic carbocycles. The fourth-order valence-electron chi connectivity index (χ4n) is 3.99. The number of piperidine rings is 1. The molecule has 0 radical (unpaired) electrons. The Balaban J connectivity index is 1.37. The van der Waals surface area contributed by atoms with E-state index >= 15 is 0 Å². The fraction of sp³-hybridized carbons (Fsp3) is 0.348. The SMILES string of the molecule is CO[C@H](C(=O)Nc1ccnn1C1CCN(Cc2cccnc2)CC1)c1ccccc1. The number of nitrogens with zero attached hydrogens (tertiary/aromatic N) is 4. The highest BCUT2D eigenvalue weighted by molar-refractivity contribution is 5.94. The van der Waals surface area contributed by atoms with E-state index in [-0.39, 0.29) is 11.9 Å². The molecule has 1 amide bonds. The number of aromatic nitrogens is 3. The van der Waals surface area contributed by atoms with Crippen LogP contribution >= 0.6 is 0 Å². The zero-order valence-electron chi connectivity index (χ0n) is 17.1. The zero-order valence-corrected chi connectivity index (χ0v) is 17.1. The van der Waals surface area contributed by atoms with E-state index in [1.807, 2.05) is 53.3 Å². The normalized spacial score (nSPS) is 16.3. The zero-order chi connectivity index (χ0) is 20.8. The summed E-state index contributed by atoms with van der Waals surface area (Å²) in [5, 5.41) is 7.50. The van der Waals surface area contributed by atoms with Crippen molar-refractivity contribution >= 4 is 11.7 Å². The number of benzene rings is 1. The van der Waals surface area contributed by atoms with Gasteiger partial charge in [0.15, 0.2) is 6.10 Å². The van der Waals surface area contributed by atoms with Crippen molar-refractivity contribution in [2.75, 3.05) is 25.5 Å². The van der Waals surface area contributed by atoms with Crippen LogP contribution in [0.3, 0.4) is 0 Å². The first-order valence-electron chi connectivity index (χ1n) is 10.3. The summed E-state index contributed by atoms with van der Waals surface area (Å²) >= 11 is 0. The third-order valence-electron chi connectivity index (χ3n) is 5.53. The molecular formula is C23H27N5O2. The first-order valence-corrected chi connectivity index (χ1v) is 10.3. The second-order valence-electron chi connectivity index (χ2n) is 7.55. The molecule has 0 aliphatic carbocycles. The van der Waals surface area contributed by atoms with Crippen LogP contribution < -0.4 is 5.32 Å². The van der Waals surface area contributed by atoms with E-state index < -0.39 is 6.10 Å². The van der Waals surface area contributed by atoms with Crippen LogP contribution in [-0.4, -0.2) is 45.8 Å². The number of rotatable bonds is 7. The standard InChI is InChI=1S/C23H27N5O2/c1-30-22(19-7-3-2-4-8-19)23(29)26-21-9-13-25-28(21)20-10-14-27(15-11-20)17-18-6-5-12-24-16-18/h2-9,12-13,16,20,22H,10-11,14-15,17H2,1H3,(H,26,29)/t22-/m0/s1. The molecule has 1 saturated heterocycles. The molecule has 1 fully saturated rings. The molecular weight excluding hydrogens is 378 g/mol. The van der Waals surface area contributed by atoms with Gasteiger partial charge in [-0.3, -0.25) is 14.7 Å². The largest absolute Gasteiger partial charge is 0.367 e. The summed E-state index contributed by atoms with van der Waals surface area (Å²) in [6, 6.07) is 15.7. The van der Waals surface area contributed by atoms with E-state index in [2.05, 4.69) is 26.4 Å². The van der Waals surface area contributed by atoms with Crippen molar-refractivity contribution in [2.45, 2.75) is 31.5 Å². The molecule has 30 heavy (non-hydrogen) atoms. The Bertz CT molecular complexity index is 936. The molecule has 0 spiro atoms. The van der Waals surface area contributed by atoms with Gasteiger partial charge in [0, 0.05) is 45.2 Å². The predicted octanol–water partition coefficient (Wildman–Crippen LogP) is 3.44. The number of carbonyl (C=O) groups is 1. The number of hydrogen-bond acceptors (Lipinski definition) is 5. The van der Waals surface area contributed by atoms with Gasteiger partial charge >= 0.3 is 0 Å². The Morgan fingerprint density at radius 1 is 1.13 bits per heavy atom. The Morgan fingerprint density at radius 2 is 1.93 bits per heavy atom. The summed E-state index contributed by atoms with van der Waals surface area (Å²) in [7, 11) is 1.55. The second kappa shape index (κ2) is 9.65. The first-order chi connectivity index (χ1) is 14.7. The molecule has 1 aliphatic rings. The van der Waals surface area contributed by atoms with Gasteiger partial charge in [-0.05, 0) is 30.0 Å². The monoisotopic (exact) mass is 405 g/mol. The summed E-state index contributed by atoms with van der Waals surface area (Å²) < 4.78 is 7.39. The lowest BCUT2D eigenvalue weighted by Crippen LogP contribution is -2.35. The number of likely N-dealkylation sites (tertiary alicyclic amines) is 1. The van der Waals surface area contributed by atoms with E-state index in [9.17, 15) is 4.79 Å². The van der Waals surface area contributed by atoms with E-state index in [0.29, 0.717) is 5.82 Å². The van der Waals surface area contributed by atoms with Crippen LogP contribution in [0, 0.1) is 0 Å². The van der Waals surface area contributed by atoms with Gasteiger partial charge in [-0.1, -0.05) is 36.4 Å². The Hall–Kier alpha value is -3.03. The van der Waals surface area contributed by atoms with Gasteiger partial charge in [0.25, 0.3) is 5.91 Å². The lowest BCUT2D eigenvalue weighted by Gasteiger charge is -2.32. The van der Waals surface area contributed by atoms with Crippen LogP contribution in [0.2, 0.25) is 0 Å². The molecule has 0 saturated carbocycles. The topological polar surface area (TPSA) is 72.3 Å². The third kappa shape index (κ3) is 4.75. The maximum atomic E-state index is 12.8. The minimum atomic E-state index is -0.657. The van der Waals surface area contributed by atoms with Crippen molar-refractivity contribution in [3.8, 4) is 0 Å². The minimum absolute atomic E-state index is 0.195. The maximum Gasteiger partial charge on any atom is 0.259 e. The number of ether oxygens (including phenoxy) is 1. The van der Waals surface area contributed by atoms with Crippen LogP contribution in [0.1, 0.15) is 36.1 Å². The fourth-order valence-corrected chi connectivity index (χ4v) is 3.99. The second-order valence-corrected chi connectivity index (χ2v) is 7.55. The number of nitrogens with one attached hydrogen (secondary N) is 1. The van der Waals surface area contributed by atoms with E-state index in [0.717, 1.165) is 38.0 Å². The molecule has 4 rings (SSSR count). The average Bonchev–Trinajstić information content (AvgIpc) is 3.24. The number of anilines is 1. The summed E-state index contributed by atoms with van der Waals surface area (Å²) in [6.07, 6.45) is 6.77. The Kier molecular flexibility index (Phi) is 6.51. The van der Waals surface area contributed by atoms with Crippen molar-refractivity contribution in [1.82, 2.24) is 19.7 Å². The molecule has 7 heteroatoms. The molecule has 7 nitrogen and oxygen atoms in total. The molecule has 156 valence electrons. The molecule has 1 aliphatic heterocycles. The predicted molar refractivity (Wildman–Crippen MR) is 115 cm³/mol. The van der Waals surface area contributed by atoms with Gasteiger partial charge in [-0.15, -0.1) is 0 Å². The van der Waals surface area contributed by atoms with E-state index in [1.165, 1.54) is 5.56 Å². The molecule has 0 bridgehead atoms. The molecule has 1 atom stereocenters. The highest BCUT2D eigenvalue weighted by Crippen LogP contribution is 2.27. The Labute approximate surface area is 176 Å². The summed E-state index contributed by atoms with van der Waals surface area (Å²) in [4.78, 5) is 19.5. The van der Waals surface area contributed by atoms with Gasteiger partial charge in [-0.2, -0.15) is 5.10 Å². The van der Waals surface area contributed by atoms with Crippen molar-refractivity contribution in [1.29, 1.82) is 0 Å². The van der Waals surface area contributed by atoms with Crippen LogP contribution in [0.25, 0.3) is 0 Å². The van der Waals surface area contributed by atoms with Crippen LogP contribution in [0.15, 0.2) is 67.1 Å². The molecule has 1 N–H and O–H groups in total. The van der Waals surface area contributed by atoms with Gasteiger partial charge in [0.2, 0.25) is 0 Å². The first kappa shape index (κ1) is 20.3. The number of hydrogen-bond donors (Lipinski definition) is 1. The molecule has 3 heterocycles. The summed E-state index contributed by atoms with van der Waals surface area (Å²) in [5.74, 6) is 0.517. The summed E-state index contributed by atoms with van der Waals surface area (Å²) in [6.45, 7) is 2.88. The average molecular weight is 406 g/mol. The van der Waals surface area contributed by atoms with Crippen molar-refractivity contribution in [3.63, 3.8) is 0 Å². The lowest BCUT2D eigenvalue weighted by atomic mass is 10.0.